The fourth-order valence-corrected chi connectivity index (χ4v) is 2.17. The van der Waals surface area contributed by atoms with Crippen molar-refractivity contribution in [2.45, 2.75) is 58.8 Å². The number of carbonyl (C=O) groups is 1. The molecule has 2 nitrogen and oxygen atoms in total. The summed E-state index contributed by atoms with van der Waals surface area (Å²) in [7, 11) is 0. The molecule has 0 atom stereocenters. The molecule has 0 aliphatic heterocycles. The van der Waals surface area contributed by atoms with Gasteiger partial charge in [-0.25, -0.2) is 0 Å². The maximum atomic E-state index is 11.4. The third kappa shape index (κ3) is 5.81. The number of amides is 1. The summed E-state index contributed by atoms with van der Waals surface area (Å²) in [6.07, 6.45) is 8.53. The number of hydrogen-bond acceptors (Lipinski definition) is 1. The molecule has 87 valence electrons. The molecule has 0 spiro atoms. The zero-order chi connectivity index (χ0) is 11.1. The Hall–Kier alpha value is -0.530. The Bertz CT molecular complexity index is 183. The van der Waals surface area contributed by atoms with Crippen LogP contribution in [0.25, 0.3) is 0 Å². The summed E-state index contributed by atoms with van der Waals surface area (Å²) < 4.78 is 0. The van der Waals surface area contributed by atoms with E-state index in [2.05, 4.69) is 19.2 Å². The van der Waals surface area contributed by atoms with E-state index in [0.29, 0.717) is 18.9 Å². The molecule has 0 aromatic rings. The molecule has 0 heterocycles. The molecule has 0 N–H and O–H groups in total. The van der Waals surface area contributed by atoms with Gasteiger partial charge >= 0.3 is 0 Å². The Morgan fingerprint density at radius 2 is 1.93 bits per heavy atom. The highest BCUT2D eigenvalue weighted by Crippen LogP contribution is 2.27. The van der Waals surface area contributed by atoms with Crippen LogP contribution in [0.2, 0.25) is 0 Å². The molecule has 1 aliphatic rings. The highest BCUT2D eigenvalue weighted by molar-refractivity contribution is 5.75. The molecule has 0 aromatic carbocycles. The lowest BCUT2D eigenvalue weighted by Crippen LogP contribution is -2.21. The minimum atomic E-state index is 0.120. The molecule has 0 unspecified atom stereocenters. The molecule has 1 rings (SSSR count). The fraction of sp³-hybridized carbons (Fsp3) is 0.923. The van der Waals surface area contributed by atoms with Crippen LogP contribution in [0.15, 0.2) is 0 Å². The van der Waals surface area contributed by atoms with Gasteiger partial charge in [-0.3, -0.25) is 10.1 Å². The molecule has 0 saturated heterocycles. The van der Waals surface area contributed by atoms with Crippen molar-refractivity contribution in [2.24, 2.45) is 11.8 Å². The standard InChI is InChI=1S/C13H24NO/c1-11(2)10-14-13(15)9-8-12-6-4-3-5-7-12/h11-12H,3-10H2,1-2H3. The second kappa shape index (κ2) is 6.86. The van der Waals surface area contributed by atoms with Crippen LogP contribution in [-0.2, 0) is 4.79 Å². The number of rotatable bonds is 5. The van der Waals surface area contributed by atoms with E-state index < -0.39 is 0 Å². The van der Waals surface area contributed by atoms with Gasteiger partial charge in [-0.05, 0) is 18.3 Å². The Morgan fingerprint density at radius 3 is 2.53 bits per heavy atom. The number of hydrogen-bond donors (Lipinski definition) is 0. The van der Waals surface area contributed by atoms with E-state index in [9.17, 15) is 4.79 Å². The second-order valence-corrected chi connectivity index (χ2v) is 5.17. The van der Waals surface area contributed by atoms with Crippen LogP contribution in [0.1, 0.15) is 58.8 Å². The Kier molecular flexibility index (Phi) is 5.74. The molecular weight excluding hydrogens is 186 g/mol. The highest BCUT2D eigenvalue weighted by atomic mass is 16.1. The van der Waals surface area contributed by atoms with Crippen LogP contribution in [-0.4, -0.2) is 12.5 Å². The van der Waals surface area contributed by atoms with Gasteiger partial charge in [-0.2, -0.15) is 0 Å². The van der Waals surface area contributed by atoms with Crippen LogP contribution < -0.4 is 5.32 Å². The SMILES string of the molecule is CC(C)C[N]C(=O)CCC1CCCCC1. The second-order valence-electron chi connectivity index (χ2n) is 5.17. The monoisotopic (exact) mass is 210 g/mol. The van der Waals surface area contributed by atoms with E-state index >= 15 is 0 Å². The maximum absolute atomic E-state index is 11.4. The van der Waals surface area contributed by atoms with Gasteiger partial charge in [0.25, 0.3) is 0 Å². The van der Waals surface area contributed by atoms with Gasteiger partial charge in [0.15, 0.2) is 0 Å². The van der Waals surface area contributed by atoms with Crippen molar-refractivity contribution in [3.63, 3.8) is 0 Å². The lowest BCUT2D eigenvalue weighted by molar-refractivity contribution is -0.121. The van der Waals surface area contributed by atoms with E-state index in [1.807, 2.05) is 0 Å². The molecule has 15 heavy (non-hydrogen) atoms. The van der Waals surface area contributed by atoms with Crippen LogP contribution in [0.5, 0.6) is 0 Å². The lowest BCUT2D eigenvalue weighted by Gasteiger charge is -2.20. The number of carbonyl (C=O) groups excluding carboxylic acids is 1. The predicted molar refractivity (Wildman–Crippen MR) is 62.7 cm³/mol. The van der Waals surface area contributed by atoms with Crippen molar-refractivity contribution in [1.29, 1.82) is 0 Å². The van der Waals surface area contributed by atoms with Gasteiger partial charge in [0.05, 0.1) is 0 Å². The van der Waals surface area contributed by atoms with Crippen LogP contribution in [0.3, 0.4) is 0 Å². The van der Waals surface area contributed by atoms with Crippen molar-refractivity contribution in [3.8, 4) is 0 Å². The van der Waals surface area contributed by atoms with Gasteiger partial charge in [0.2, 0.25) is 5.91 Å². The third-order valence-electron chi connectivity index (χ3n) is 3.12. The molecule has 1 amide bonds. The first-order valence-corrected chi connectivity index (χ1v) is 6.39. The van der Waals surface area contributed by atoms with Crippen LogP contribution in [0, 0.1) is 11.8 Å². The fourth-order valence-electron chi connectivity index (χ4n) is 2.17. The average molecular weight is 210 g/mol. The molecule has 0 bridgehead atoms. The van der Waals surface area contributed by atoms with Crippen molar-refractivity contribution in [1.82, 2.24) is 5.32 Å². The molecule has 1 radical (unpaired) electrons. The van der Waals surface area contributed by atoms with Gasteiger partial charge in [-0.15, -0.1) is 0 Å². The lowest BCUT2D eigenvalue weighted by atomic mass is 9.86. The van der Waals surface area contributed by atoms with Crippen LogP contribution >= 0.6 is 0 Å². The first-order valence-electron chi connectivity index (χ1n) is 6.39. The quantitative estimate of drug-likeness (QED) is 0.686. The smallest absolute Gasteiger partial charge is 0.241 e. The van der Waals surface area contributed by atoms with Crippen LogP contribution in [0.4, 0.5) is 0 Å². The highest BCUT2D eigenvalue weighted by Gasteiger charge is 2.15. The Labute approximate surface area is 93.8 Å². The summed E-state index contributed by atoms with van der Waals surface area (Å²) in [6.45, 7) is 4.89. The van der Waals surface area contributed by atoms with E-state index in [1.165, 1.54) is 32.1 Å². The van der Waals surface area contributed by atoms with Gasteiger partial charge in [0, 0.05) is 13.0 Å². The predicted octanol–water partition coefficient (Wildman–Crippen LogP) is 3.13. The van der Waals surface area contributed by atoms with E-state index in [0.717, 1.165) is 12.3 Å². The van der Waals surface area contributed by atoms with Gasteiger partial charge < -0.3 is 0 Å². The molecule has 1 fully saturated rings. The Balaban J connectivity index is 2.05. The summed E-state index contributed by atoms with van der Waals surface area (Å²) in [4.78, 5) is 11.4. The molecule has 1 aliphatic carbocycles. The summed E-state index contributed by atoms with van der Waals surface area (Å²) in [6, 6.07) is 0. The van der Waals surface area contributed by atoms with Crippen molar-refractivity contribution < 1.29 is 4.79 Å². The minimum Gasteiger partial charge on any atom is -0.273 e. The first-order chi connectivity index (χ1) is 7.18. The van der Waals surface area contributed by atoms with Crippen molar-refractivity contribution in [2.75, 3.05) is 6.54 Å². The van der Waals surface area contributed by atoms with Gasteiger partial charge in [0.1, 0.15) is 0 Å². The largest absolute Gasteiger partial charge is 0.273 e. The third-order valence-corrected chi connectivity index (χ3v) is 3.12. The maximum Gasteiger partial charge on any atom is 0.241 e. The topological polar surface area (TPSA) is 31.2 Å². The Morgan fingerprint density at radius 1 is 1.27 bits per heavy atom. The van der Waals surface area contributed by atoms with Crippen molar-refractivity contribution >= 4 is 5.91 Å². The normalized spacial score (nSPS) is 18.1. The summed E-state index contributed by atoms with van der Waals surface area (Å²) in [5, 5.41) is 4.07. The molecule has 2 heteroatoms. The minimum absolute atomic E-state index is 0.120. The molecule has 0 aromatic heterocycles. The summed E-state index contributed by atoms with van der Waals surface area (Å²) in [5.41, 5.74) is 0. The molecular formula is C13H24NO. The average Bonchev–Trinajstić information content (AvgIpc) is 2.25. The van der Waals surface area contributed by atoms with Crippen molar-refractivity contribution in [3.05, 3.63) is 0 Å². The van der Waals surface area contributed by atoms with E-state index in [-0.39, 0.29) is 5.91 Å². The zero-order valence-corrected chi connectivity index (χ0v) is 10.2. The number of nitrogens with zero attached hydrogens (tertiary/aromatic N) is 1. The summed E-state index contributed by atoms with van der Waals surface area (Å²) in [5.74, 6) is 1.43. The first kappa shape index (κ1) is 12.5. The van der Waals surface area contributed by atoms with E-state index in [1.54, 1.807) is 0 Å². The van der Waals surface area contributed by atoms with E-state index in [4.69, 9.17) is 0 Å². The summed E-state index contributed by atoms with van der Waals surface area (Å²) >= 11 is 0. The van der Waals surface area contributed by atoms with Gasteiger partial charge in [-0.1, -0.05) is 46.0 Å². The molecule has 1 saturated carbocycles. The zero-order valence-electron chi connectivity index (χ0n) is 10.2.